The van der Waals surface area contributed by atoms with Crippen molar-refractivity contribution in [1.82, 2.24) is 15.2 Å². The van der Waals surface area contributed by atoms with Gasteiger partial charge in [-0.2, -0.15) is 0 Å². The standard InChI is InChI=1S/C28H31N3O3/c1-2-29-27(33)23-18-31(22-15-9-10-16-22)19-24(26(23)32)28(34)30-25(21-13-7-4-8-14-21)17-20-11-5-3-6-12-20/h3-8,11-14,18-19,22,25H,2,9-10,15-17H2,1H3,(H,29,33)(H,30,34)/t25-/m1/s1. The van der Waals surface area contributed by atoms with Crippen LogP contribution in [0.25, 0.3) is 0 Å². The van der Waals surface area contributed by atoms with Gasteiger partial charge in [-0.15, -0.1) is 0 Å². The van der Waals surface area contributed by atoms with E-state index in [4.69, 9.17) is 0 Å². The summed E-state index contributed by atoms with van der Waals surface area (Å²) in [6.07, 6.45) is 7.96. The number of nitrogens with zero attached hydrogens (tertiary/aromatic N) is 1. The average molecular weight is 458 g/mol. The molecular formula is C28H31N3O3. The molecule has 1 aliphatic rings. The van der Waals surface area contributed by atoms with Gasteiger partial charge in [0.25, 0.3) is 11.8 Å². The molecule has 0 bridgehead atoms. The van der Waals surface area contributed by atoms with E-state index < -0.39 is 17.2 Å². The molecule has 1 atom stereocenters. The molecule has 1 aliphatic carbocycles. The highest BCUT2D eigenvalue weighted by atomic mass is 16.2. The first-order chi connectivity index (χ1) is 16.6. The summed E-state index contributed by atoms with van der Waals surface area (Å²) in [5.74, 6) is -0.912. The first-order valence-corrected chi connectivity index (χ1v) is 12.0. The fraction of sp³-hybridized carbons (Fsp3) is 0.321. The van der Waals surface area contributed by atoms with Crippen LogP contribution < -0.4 is 16.1 Å². The summed E-state index contributed by atoms with van der Waals surface area (Å²) in [6, 6.07) is 19.5. The maximum atomic E-state index is 13.5. The summed E-state index contributed by atoms with van der Waals surface area (Å²) in [4.78, 5) is 39.4. The quantitative estimate of drug-likeness (QED) is 0.525. The molecule has 0 aliphatic heterocycles. The number of nitrogens with one attached hydrogen (secondary N) is 2. The van der Waals surface area contributed by atoms with Crippen LogP contribution in [0.15, 0.2) is 77.9 Å². The van der Waals surface area contributed by atoms with Gasteiger partial charge in [0.1, 0.15) is 11.1 Å². The molecule has 1 saturated carbocycles. The summed E-state index contributed by atoms with van der Waals surface area (Å²) in [5.41, 5.74) is 1.52. The largest absolute Gasteiger partial charge is 0.352 e. The lowest BCUT2D eigenvalue weighted by molar-refractivity contribution is 0.0934. The molecule has 2 amide bonds. The molecule has 0 unspecified atom stereocenters. The maximum absolute atomic E-state index is 13.5. The molecule has 3 aromatic rings. The lowest BCUT2D eigenvalue weighted by Gasteiger charge is -2.21. The van der Waals surface area contributed by atoms with Crippen LogP contribution >= 0.6 is 0 Å². The Morgan fingerprint density at radius 3 is 2.12 bits per heavy atom. The lowest BCUT2D eigenvalue weighted by atomic mass is 9.98. The van der Waals surface area contributed by atoms with E-state index in [9.17, 15) is 14.4 Å². The molecule has 176 valence electrons. The molecule has 2 N–H and O–H groups in total. The number of amides is 2. The third-order valence-corrected chi connectivity index (χ3v) is 6.41. The minimum Gasteiger partial charge on any atom is -0.352 e. The van der Waals surface area contributed by atoms with Gasteiger partial charge < -0.3 is 15.2 Å². The number of hydrogen-bond donors (Lipinski definition) is 2. The highest BCUT2D eigenvalue weighted by Crippen LogP contribution is 2.29. The number of carbonyl (C=O) groups excluding carboxylic acids is 2. The first kappa shape index (κ1) is 23.5. The van der Waals surface area contributed by atoms with Crippen molar-refractivity contribution in [3.63, 3.8) is 0 Å². The summed E-state index contributed by atoms with van der Waals surface area (Å²) < 4.78 is 1.89. The second-order valence-electron chi connectivity index (χ2n) is 8.79. The van der Waals surface area contributed by atoms with Gasteiger partial charge in [-0.25, -0.2) is 0 Å². The van der Waals surface area contributed by atoms with Gasteiger partial charge in [0.05, 0.1) is 6.04 Å². The Labute approximate surface area is 200 Å². The summed E-state index contributed by atoms with van der Waals surface area (Å²) in [7, 11) is 0. The first-order valence-electron chi connectivity index (χ1n) is 12.0. The van der Waals surface area contributed by atoms with E-state index in [1.807, 2.05) is 65.2 Å². The van der Waals surface area contributed by atoms with Crippen LogP contribution in [-0.2, 0) is 6.42 Å². The monoisotopic (exact) mass is 457 g/mol. The molecule has 1 fully saturated rings. The van der Waals surface area contributed by atoms with E-state index >= 15 is 0 Å². The Morgan fingerprint density at radius 2 is 1.50 bits per heavy atom. The summed E-state index contributed by atoms with van der Waals surface area (Å²) >= 11 is 0. The van der Waals surface area contributed by atoms with Gasteiger partial charge in [-0.05, 0) is 37.3 Å². The van der Waals surface area contributed by atoms with Crippen molar-refractivity contribution in [2.75, 3.05) is 6.54 Å². The third-order valence-electron chi connectivity index (χ3n) is 6.41. The molecule has 1 heterocycles. The smallest absolute Gasteiger partial charge is 0.257 e. The van der Waals surface area contributed by atoms with Crippen LogP contribution in [-0.4, -0.2) is 22.9 Å². The SMILES string of the molecule is CCNC(=O)c1cn(C2CCCC2)cc(C(=O)N[C@H](Cc2ccccc2)c2ccccc2)c1=O. The highest BCUT2D eigenvalue weighted by molar-refractivity contribution is 5.99. The number of benzene rings is 2. The molecular weight excluding hydrogens is 426 g/mol. The van der Waals surface area contributed by atoms with Crippen molar-refractivity contribution < 1.29 is 9.59 Å². The van der Waals surface area contributed by atoms with Crippen molar-refractivity contribution in [2.24, 2.45) is 0 Å². The van der Waals surface area contributed by atoms with Crippen LogP contribution in [0.5, 0.6) is 0 Å². The number of hydrogen-bond acceptors (Lipinski definition) is 3. The van der Waals surface area contributed by atoms with Gasteiger partial charge in [-0.1, -0.05) is 73.5 Å². The molecule has 6 nitrogen and oxygen atoms in total. The van der Waals surface area contributed by atoms with Crippen LogP contribution in [0.3, 0.4) is 0 Å². The predicted molar refractivity (Wildman–Crippen MR) is 133 cm³/mol. The molecule has 6 heteroatoms. The molecule has 34 heavy (non-hydrogen) atoms. The van der Waals surface area contributed by atoms with Crippen LogP contribution in [0, 0.1) is 0 Å². The third kappa shape index (κ3) is 5.45. The molecule has 4 rings (SSSR count). The summed E-state index contributed by atoms with van der Waals surface area (Å²) in [5, 5.41) is 5.77. The zero-order valence-electron chi connectivity index (χ0n) is 19.5. The fourth-order valence-electron chi connectivity index (χ4n) is 4.61. The summed E-state index contributed by atoms with van der Waals surface area (Å²) in [6.45, 7) is 2.21. The van der Waals surface area contributed by atoms with E-state index in [0.717, 1.165) is 36.8 Å². The average Bonchev–Trinajstić information content (AvgIpc) is 3.40. The van der Waals surface area contributed by atoms with Gasteiger partial charge >= 0.3 is 0 Å². The van der Waals surface area contributed by atoms with Crippen molar-refractivity contribution in [3.8, 4) is 0 Å². The van der Waals surface area contributed by atoms with E-state index in [0.29, 0.717) is 13.0 Å². The second kappa shape index (κ2) is 11.0. The Morgan fingerprint density at radius 1 is 0.912 bits per heavy atom. The van der Waals surface area contributed by atoms with Gasteiger partial charge in [-0.3, -0.25) is 14.4 Å². The number of aromatic nitrogens is 1. The van der Waals surface area contributed by atoms with Crippen molar-refractivity contribution in [3.05, 3.63) is 106 Å². The normalized spacial score (nSPS) is 14.5. The van der Waals surface area contributed by atoms with Crippen molar-refractivity contribution in [2.45, 2.75) is 51.1 Å². The van der Waals surface area contributed by atoms with Gasteiger partial charge in [0.15, 0.2) is 0 Å². The second-order valence-corrected chi connectivity index (χ2v) is 8.79. The number of rotatable bonds is 8. The topological polar surface area (TPSA) is 80.2 Å². The minimum absolute atomic E-state index is 0.00430. The molecule has 2 aromatic carbocycles. The minimum atomic E-state index is -0.538. The maximum Gasteiger partial charge on any atom is 0.257 e. The highest BCUT2D eigenvalue weighted by Gasteiger charge is 2.25. The molecule has 0 radical (unpaired) electrons. The van der Waals surface area contributed by atoms with Crippen LogP contribution in [0.1, 0.15) is 76.5 Å². The predicted octanol–water partition coefficient (Wildman–Crippen LogP) is 4.43. The Kier molecular flexibility index (Phi) is 7.58. The van der Waals surface area contributed by atoms with E-state index in [2.05, 4.69) is 10.6 Å². The lowest BCUT2D eigenvalue weighted by Crippen LogP contribution is -2.37. The Bertz CT molecular complexity index is 1180. The van der Waals surface area contributed by atoms with E-state index in [1.54, 1.807) is 19.3 Å². The fourth-order valence-corrected chi connectivity index (χ4v) is 4.61. The van der Waals surface area contributed by atoms with E-state index in [1.165, 1.54) is 0 Å². The van der Waals surface area contributed by atoms with Crippen molar-refractivity contribution >= 4 is 11.8 Å². The zero-order valence-corrected chi connectivity index (χ0v) is 19.5. The number of carbonyl (C=O) groups is 2. The zero-order chi connectivity index (χ0) is 23.9. The Balaban J connectivity index is 1.69. The molecule has 0 saturated heterocycles. The number of pyridine rings is 1. The molecule has 1 aromatic heterocycles. The van der Waals surface area contributed by atoms with Crippen LogP contribution in [0.2, 0.25) is 0 Å². The van der Waals surface area contributed by atoms with E-state index in [-0.39, 0.29) is 23.2 Å². The van der Waals surface area contributed by atoms with Crippen molar-refractivity contribution in [1.29, 1.82) is 0 Å². The van der Waals surface area contributed by atoms with Crippen LogP contribution in [0.4, 0.5) is 0 Å². The Hall–Kier alpha value is -3.67. The molecule has 0 spiro atoms. The van der Waals surface area contributed by atoms with Gasteiger partial charge in [0.2, 0.25) is 5.43 Å². The van der Waals surface area contributed by atoms with Gasteiger partial charge in [0, 0.05) is 25.0 Å².